The molecule has 2 amide bonds. The highest BCUT2D eigenvalue weighted by Crippen LogP contribution is 2.08. The molecule has 0 spiro atoms. The third-order valence-corrected chi connectivity index (χ3v) is 2.49. The normalized spacial score (nSPS) is 11.2. The van der Waals surface area contributed by atoms with Crippen LogP contribution in [0.1, 0.15) is 12.0 Å². The van der Waals surface area contributed by atoms with E-state index in [9.17, 15) is 9.59 Å². The fourth-order valence-corrected chi connectivity index (χ4v) is 1.45. The fourth-order valence-electron chi connectivity index (χ4n) is 1.45. The average Bonchev–Trinajstić information content (AvgIpc) is 2.44. The van der Waals surface area contributed by atoms with Crippen LogP contribution in [0.2, 0.25) is 0 Å². The van der Waals surface area contributed by atoms with Crippen molar-refractivity contribution in [1.29, 1.82) is 5.26 Å². The van der Waals surface area contributed by atoms with Crippen molar-refractivity contribution in [3.8, 4) is 6.07 Å². The van der Waals surface area contributed by atoms with Gasteiger partial charge >= 0.3 is 12.0 Å². The fraction of sp³-hybridized carbons (Fsp3) is 0.308. The van der Waals surface area contributed by atoms with Crippen LogP contribution in [0.4, 0.5) is 10.5 Å². The zero-order valence-corrected chi connectivity index (χ0v) is 10.9. The Morgan fingerprint density at radius 2 is 2.05 bits per heavy atom. The number of carboxylic acids is 1. The van der Waals surface area contributed by atoms with Gasteiger partial charge in [-0.05, 0) is 24.3 Å². The molecule has 106 valence electrons. The van der Waals surface area contributed by atoms with Gasteiger partial charge in [-0.2, -0.15) is 5.26 Å². The van der Waals surface area contributed by atoms with Gasteiger partial charge in [0, 0.05) is 25.8 Å². The summed E-state index contributed by atoms with van der Waals surface area (Å²) in [6.07, 6.45) is 0.173. The number of ether oxygens (including phenoxy) is 1. The van der Waals surface area contributed by atoms with Crippen LogP contribution in [-0.2, 0) is 9.53 Å². The quantitative estimate of drug-likeness (QED) is 0.722. The molecule has 0 aliphatic rings. The minimum absolute atomic E-state index is 0.173. The van der Waals surface area contributed by atoms with Gasteiger partial charge in [-0.15, -0.1) is 0 Å². The summed E-state index contributed by atoms with van der Waals surface area (Å²) in [5.74, 6) is -1.13. The van der Waals surface area contributed by atoms with Crippen LogP contribution < -0.4 is 10.6 Å². The summed E-state index contributed by atoms with van der Waals surface area (Å²) in [4.78, 5) is 22.6. The highest BCUT2D eigenvalue weighted by molar-refractivity contribution is 5.92. The maximum atomic E-state index is 11.7. The van der Waals surface area contributed by atoms with E-state index in [2.05, 4.69) is 10.6 Å². The van der Waals surface area contributed by atoms with E-state index in [0.717, 1.165) is 0 Å². The molecule has 0 heterocycles. The number of methoxy groups -OCH3 is 1. The Labute approximate surface area is 116 Å². The minimum atomic E-state index is -1.13. The first-order chi connectivity index (χ1) is 9.56. The van der Waals surface area contributed by atoms with Gasteiger partial charge in [-0.1, -0.05) is 0 Å². The van der Waals surface area contributed by atoms with Gasteiger partial charge in [-0.3, -0.25) is 0 Å². The second-order valence-electron chi connectivity index (χ2n) is 3.96. The van der Waals surface area contributed by atoms with Gasteiger partial charge in [0.15, 0.2) is 0 Å². The number of hydrogen-bond donors (Lipinski definition) is 3. The minimum Gasteiger partial charge on any atom is -0.480 e. The van der Waals surface area contributed by atoms with Crippen molar-refractivity contribution in [3.05, 3.63) is 29.8 Å². The van der Waals surface area contributed by atoms with Crippen molar-refractivity contribution in [2.24, 2.45) is 0 Å². The molecular formula is C13H15N3O4. The lowest BCUT2D eigenvalue weighted by Crippen LogP contribution is -2.43. The SMILES string of the molecule is COCCC(NC(=O)Nc1ccc(C#N)cc1)C(=O)O. The Bertz CT molecular complexity index is 507. The number of carboxylic acid groups (broad SMARTS) is 1. The number of urea groups is 1. The van der Waals surface area contributed by atoms with Crippen LogP contribution in [0.3, 0.4) is 0 Å². The zero-order valence-electron chi connectivity index (χ0n) is 10.9. The molecule has 1 unspecified atom stereocenters. The number of carbonyl (C=O) groups excluding carboxylic acids is 1. The number of carbonyl (C=O) groups is 2. The van der Waals surface area contributed by atoms with Crippen molar-refractivity contribution < 1.29 is 19.4 Å². The topological polar surface area (TPSA) is 111 Å². The standard InChI is InChI=1S/C13H15N3O4/c1-20-7-6-11(12(17)18)16-13(19)15-10-4-2-9(8-14)3-5-10/h2-5,11H,6-7H2,1H3,(H,17,18)(H2,15,16,19). The third-order valence-electron chi connectivity index (χ3n) is 2.49. The molecule has 7 heteroatoms. The van der Waals surface area contributed by atoms with Gasteiger partial charge in [0.2, 0.25) is 0 Å². The lowest BCUT2D eigenvalue weighted by Gasteiger charge is -2.14. The lowest BCUT2D eigenvalue weighted by molar-refractivity contribution is -0.139. The Morgan fingerprint density at radius 1 is 1.40 bits per heavy atom. The van der Waals surface area contributed by atoms with Gasteiger partial charge in [0.05, 0.1) is 11.6 Å². The molecule has 3 N–H and O–H groups in total. The summed E-state index contributed by atoms with van der Waals surface area (Å²) in [5, 5.41) is 22.4. The van der Waals surface area contributed by atoms with E-state index >= 15 is 0 Å². The van der Waals surface area contributed by atoms with Gasteiger partial charge < -0.3 is 20.5 Å². The molecule has 7 nitrogen and oxygen atoms in total. The Hall–Kier alpha value is -2.59. The molecule has 1 aromatic carbocycles. The number of nitrogens with zero attached hydrogens (tertiary/aromatic N) is 1. The lowest BCUT2D eigenvalue weighted by atomic mass is 10.2. The Balaban J connectivity index is 2.56. The zero-order chi connectivity index (χ0) is 15.0. The molecule has 1 atom stereocenters. The van der Waals surface area contributed by atoms with E-state index in [-0.39, 0.29) is 13.0 Å². The molecule has 0 radical (unpaired) electrons. The van der Waals surface area contributed by atoms with Crippen LogP contribution in [0, 0.1) is 11.3 Å². The maximum absolute atomic E-state index is 11.7. The van der Waals surface area contributed by atoms with Crippen LogP contribution in [-0.4, -0.2) is 36.9 Å². The summed E-state index contributed by atoms with van der Waals surface area (Å²) in [6, 6.07) is 6.53. The van der Waals surface area contributed by atoms with Crippen molar-refractivity contribution in [1.82, 2.24) is 5.32 Å². The van der Waals surface area contributed by atoms with E-state index < -0.39 is 18.0 Å². The van der Waals surface area contributed by atoms with E-state index in [4.69, 9.17) is 15.1 Å². The molecule has 0 fully saturated rings. The number of nitriles is 1. The summed E-state index contributed by atoms with van der Waals surface area (Å²) in [6.45, 7) is 0.230. The highest BCUT2D eigenvalue weighted by Gasteiger charge is 2.19. The molecule has 0 bridgehead atoms. The Kier molecular flexibility index (Phi) is 6.00. The van der Waals surface area contributed by atoms with Crippen molar-refractivity contribution in [3.63, 3.8) is 0 Å². The predicted octanol–water partition coefficient (Wildman–Crippen LogP) is 1.17. The van der Waals surface area contributed by atoms with Gasteiger partial charge in [-0.25, -0.2) is 9.59 Å². The van der Waals surface area contributed by atoms with Crippen LogP contribution in [0.5, 0.6) is 0 Å². The molecule has 1 aromatic rings. The van der Waals surface area contributed by atoms with Crippen molar-refractivity contribution in [2.45, 2.75) is 12.5 Å². The van der Waals surface area contributed by atoms with Crippen LogP contribution in [0.25, 0.3) is 0 Å². The predicted molar refractivity (Wildman–Crippen MR) is 71.2 cm³/mol. The first-order valence-electron chi connectivity index (χ1n) is 5.86. The largest absolute Gasteiger partial charge is 0.480 e. The summed E-state index contributed by atoms with van der Waals surface area (Å²) in [5.41, 5.74) is 0.942. The van der Waals surface area contributed by atoms with Gasteiger partial charge in [0.1, 0.15) is 6.04 Å². The molecule has 0 saturated carbocycles. The molecule has 0 saturated heterocycles. The number of amides is 2. The van der Waals surface area contributed by atoms with E-state index in [1.807, 2.05) is 6.07 Å². The maximum Gasteiger partial charge on any atom is 0.326 e. The third kappa shape index (κ3) is 4.96. The smallest absolute Gasteiger partial charge is 0.326 e. The Morgan fingerprint density at radius 3 is 2.55 bits per heavy atom. The molecule has 0 aliphatic heterocycles. The monoisotopic (exact) mass is 277 g/mol. The number of rotatable bonds is 6. The first kappa shape index (κ1) is 15.5. The number of hydrogen-bond acceptors (Lipinski definition) is 4. The number of anilines is 1. The summed E-state index contributed by atoms with van der Waals surface area (Å²) < 4.78 is 4.78. The van der Waals surface area contributed by atoms with Gasteiger partial charge in [0.25, 0.3) is 0 Å². The molecule has 20 heavy (non-hydrogen) atoms. The van der Waals surface area contributed by atoms with E-state index in [0.29, 0.717) is 11.3 Å². The second-order valence-corrected chi connectivity index (χ2v) is 3.96. The number of aliphatic carboxylic acids is 1. The van der Waals surface area contributed by atoms with Crippen molar-refractivity contribution in [2.75, 3.05) is 19.0 Å². The summed E-state index contributed by atoms with van der Waals surface area (Å²) >= 11 is 0. The highest BCUT2D eigenvalue weighted by atomic mass is 16.5. The molecule has 0 aromatic heterocycles. The first-order valence-corrected chi connectivity index (χ1v) is 5.86. The molecule has 0 aliphatic carbocycles. The number of benzene rings is 1. The molecular weight excluding hydrogens is 262 g/mol. The van der Waals surface area contributed by atoms with Crippen molar-refractivity contribution >= 4 is 17.7 Å². The average molecular weight is 277 g/mol. The van der Waals surface area contributed by atoms with E-state index in [1.54, 1.807) is 24.3 Å². The van der Waals surface area contributed by atoms with Crippen LogP contribution >= 0.6 is 0 Å². The number of nitrogens with one attached hydrogen (secondary N) is 2. The molecule has 1 rings (SSSR count). The van der Waals surface area contributed by atoms with Crippen LogP contribution in [0.15, 0.2) is 24.3 Å². The summed E-state index contributed by atoms with van der Waals surface area (Å²) in [7, 11) is 1.45. The second kappa shape index (κ2) is 7.76. The van der Waals surface area contributed by atoms with E-state index in [1.165, 1.54) is 7.11 Å².